The average Bonchev–Trinajstić information content (AvgIpc) is 2.70. The molecule has 4 rings (SSSR count). The molecule has 2 aromatic carbocycles. The van der Waals surface area contributed by atoms with Crippen molar-refractivity contribution in [2.24, 2.45) is 0 Å². The van der Waals surface area contributed by atoms with Crippen molar-refractivity contribution < 1.29 is 5.11 Å². The van der Waals surface area contributed by atoms with Crippen molar-refractivity contribution >= 4 is 28.9 Å². The summed E-state index contributed by atoms with van der Waals surface area (Å²) >= 11 is 12.6. The molecule has 2 saturated heterocycles. The minimum atomic E-state index is -0.0554. The minimum Gasteiger partial charge on any atom is -0.506 e. The maximum Gasteiger partial charge on any atom is 0.140 e. The van der Waals surface area contributed by atoms with Gasteiger partial charge in [-0.05, 0) is 55.0 Å². The van der Waals surface area contributed by atoms with Gasteiger partial charge in [-0.3, -0.25) is 4.90 Å². The van der Waals surface area contributed by atoms with Gasteiger partial charge in [-0.15, -0.1) is 0 Å². The largest absolute Gasteiger partial charge is 0.506 e. The highest BCUT2D eigenvalue weighted by Crippen LogP contribution is 2.45. The van der Waals surface area contributed by atoms with E-state index in [9.17, 15) is 5.11 Å². The van der Waals surface area contributed by atoms with Gasteiger partial charge in [0.2, 0.25) is 0 Å². The predicted molar refractivity (Wildman–Crippen MR) is 118 cm³/mol. The first-order chi connectivity index (χ1) is 13.5. The Morgan fingerprint density at radius 1 is 1.00 bits per heavy atom. The highest BCUT2D eigenvalue weighted by Gasteiger charge is 2.39. The summed E-state index contributed by atoms with van der Waals surface area (Å²) in [4.78, 5) is 4.93. The summed E-state index contributed by atoms with van der Waals surface area (Å²) < 4.78 is 0. The predicted octanol–water partition coefficient (Wildman–Crippen LogP) is 6.59. The van der Waals surface area contributed by atoms with Gasteiger partial charge < -0.3 is 10.0 Å². The second-order valence-corrected chi connectivity index (χ2v) is 9.16. The molecule has 0 bridgehead atoms. The number of phenolic OH excluding ortho intramolecular Hbond substituents is 1. The van der Waals surface area contributed by atoms with E-state index in [0.29, 0.717) is 22.0 Å². The maximum atomic E-state index is 10.8. The summed E-state index contributed by atoms with van der Waals surface area (Å²) in [5.74, 6) is 0.652. The first kappa shape index (κ1) is 19.9. The molecule has 2 atom stereocenters. The van der Waals surface area contributed by atoms with Crippen LogP contribution >= 0.6 is 23.2 Å². The first-order valence-corrected chi connectivity index (χ1v) is 11.0. The van der Waals surface area contributed by atoms with E-state index in [0.717, 1.165) is 25.1 Å². The number of nitrogens with zero attached hydrogens (tertiary/aromatic N) is 2. The topological polar surface area (TPSA) is 26.7 Å². The van der Waals surface area contributed by atoms with Gasteiger partial charge in [0.05, 0.1) is 5.02 Å². The highest BCUT2D eigenvalue weighted by molar-refractivity contribution is 6.35. The second-order valence-electron chi connectivity index (χ2n) is 8.31. The van der Waals surface area contributed by atoms with E-state index in [1.807, 2.05) is 6.07 Å². The van der Waals surface area contributed by atoms with Crippen LogP contribution in [0.5, 0.6) is 5.75 Å². The zero-order valence-electron chi connectivity index (χ0n) is 16.5. The van der Waals surface area contributed by atoms with Crippen LogP contribution in [0.15, 0.2) is 36.4 Å². The smallest absolute Gasteiger partial charge is 0.140 e. The molecule has 0 aliphatic carbocycles. The SMILES string of the molecule is CC(C)c1ccc(N2CCC3CCCCN3C2c2cc(Cl)cc(Cl)c2O)cc1. The Bertz CT molecular complexity index is 837. The summed E-state index contributed by atoms with van der Waals surface area (Å²) in [6.07, 6.45) is 4.75. The van der Waals surface area contributed by atoms with Gasteiger partial charge in [0.1, 0.15) is 11.9 Å². The summed E-state index contributed by atoms with van der Waals surface area (Å²) in [6.45, 7) is 6.40. The first-order valence-electron chi connectivity index (χ1n) is 10.3. The van der Waals surface area contributed by atoms with Gasteiger partial charge in [-0.1, -0.05) is 55.6 Å². The Kier molecular flexibility index (Phi) is 5.78. The molecule has 2 aliphatic heterocycles. The Morgan fingerprint density at radius 2 is 1.75 bits per heavy atom. The summed E-state index contributed by atoms with van der Waals surface area (Å²) in [5.41, 5.74) is 3.31. The van der Waals surface area contributed by atoms with Crippen LogP contribution in [0.3, 0.4) is 0 Å². The zero-order chi connectivity index (χ0) is 19.8. The molecule has 2 aromatic rings. The molecule has 150 valence electrons. The van der Waals surface area contributed by atoms with E-state index in [1.54, 1.807) is 6.07 Å². The fourth-order valence-corrected chi connectivity index (χ4v) is 5.20. The third-order valence-electron chi connectivity index (χ3n) is 6.21. The number of halogens is 2. The van der Waals surface area contributed by atoms with E-state index in [4.69, 9.17) is 23.2 Å². The quantitative estimate of drug-likeness (QED) is 0.608. The van der Waals surface area contributed by atoms with E-state index < -0.39 is 0 Å². The van der Waals surface area contributed by atoms with Gasteiger partial charge in [0.25, 0.3) is 0 Å². The van der Waals surface area contributed by atoms with Crippen LogP contribution in [0.1, 0.15) is 62.7 Å². The Hall–Kier alpha value is -1.42. The number of hydrogen-bond donors (Lipinski definition) is 1. The third-order valence-corrected chi connectivity index (χ3v) is 6.72. The number of rotatable bonds is 3. The monoisotopic (exact) mass is 418 g/mol. The standard InChI is InChI=1S/C23H28Cl2N2O/c1-15(2)16-6-8-19(9-7-16)27-12-10-18-5-3-4-11-26(18)23(27)20-13-17(24)14-21(25)22(20)28/h6-9,13-15,18,23,28H,3-5,10-12H2,1-2H3. The Labute approximate surface area is 177 Å². The molecule has 2 heterocycles. The van der Waals surface area contributed by atoms with Crippen LogP contribution < -0.4 is 4.90 Å². The zero-order valence-corrected chi connectivity index (χ0v) is 18.0. The van der Waals surface area contributed by atoms with Crippen LogP contribution in [0.2, 0.25) is 10.0 Å². The van der Waals surface area contributed by atoms with Crippen molar-refractivity contribution in [2.75, 3.05) is 18.0 Å². The number of anilines is 1. The molecular formula is C23H28Cl2N2O. The summed E-state index contributed by atoms with van der Waals surface area (Å²) in [6, 6.07) is 12.9. The number of phenols is 1. The lowest BCUT2D eigenvalue weighted by molar-refractivity contribution is 0.0604. The number of piperidine rings is 1. The van der Waals surface area contributed by atoms with Gasteiger partial charge in [-0.2, -0.15) is 0 Å². The van der Waals surface area contributed by atoms with E-state index in [-0.39, 0.29) is 11.9 Å². The number of aromatic hydroxyl groups is 1. The lowest BCUT2D eigenvalue weighted by Crippen LogP contribution is -2.54. The molecule has 3 nitrogen and oxygen atoms in total. The summed E-state index contributed by atoms with van der Waals surface area (Å²) in [5, 5.41) is 11.7. The molecule has 1 N–H and O–H groups in total. The molecule has 0 aromatic heterocycles. The van der Waals surface area contributed by atoms with Gasteiger partial charge >= 0.3 is 0 Å². The van der Waals surface area contributed by atoms with Crippen molar-refractivity contribution in [3.8, 4) is 5.75 Å². The van der Waals surface area contributed by atoms with Crippen LogP contribution in [0.4, 0.5) is 5.69 Å². The molecule has 0 amide bonds. The second kappa shape index (κ2) is 8.14. The molecule has 2 fully saturated rings. The van der Waals surface area contributed by atoms with Crippen LogP contribution in [0, 0.1) is 0 Å². The fourth-order valence-electron chi connectivity index (χ4n) is 4.69. The Balaban J connectivity index is 1.78. The lowest BCUT2D eigenvalue weighted by atomic mass is 9.92. The van der Waals surface area contributed by atoms with E-state index in [1.165, 1.54) is 30.5 Å². The van der Waals surface area contributed by atoms with Crippen molar-refractivity contribution in [3.05, 3.63) is 57.6 Å². The van der Waals surface area contributed by atoms with Crippen LogP contribution in [-0.4, -0.2) is 29.1 Å². The highest BCUT2D eigenvalue weighted by atomic mass is 35.5. The molecular weight excluding hydrogens is 391 g/mol. The molecule has 2 aliphatic rings. The molecule has 0 saturated carbocycles. The molecule has 0 radical (unpaired) electrons. The fraction of sp³-hybridized carbons (Fsp3) is 0.478. The molecule has 5 heteroatoms. The minimum absolute atomic E-state index is 0.0554. The van der Waals surface area contributed by atoms with Gasteiger partial charge in [0, 0.05) is 35.4 Å². The van der Waals surface area contributed by atoms with Crippen LogP contribution in [-0.2, 0) is 0 Å². The van der Waals surface area contributed by atoms with E-state index in [2.05, 4.69) is 47.9 Å². The van der Waals surface area contributed by atoms with Crippen LogP contribution in [0.25, 0.3) is 0 Å². The van der Waals surface area contributed by atoms with E-state index >= 15 is 0 Å². The van der Waals surface area contributed by atoms with Crippen molar-refractivity contribution in [2.45, 2.75) is 57.7 Å². The molecule has 2 unspecified atom stereocenters. The summed E-state index contributed by atoms with van der Waals surface area (Å²) in [7, 11) is 0. The lowest BCUT2D eigenvalue weighted by Gasteiger charge is -2.51. The van der Waals surface area contributed by atoms with Gasteiger partial charge in [0.15, 0.2) is 0 Å². The molecule has 0 spiro atoms. The van der Waals surface area contributed by atoms with Crippen molar-refractivity contribution in [1.29, 1.82) is 0 Å². The van der Waals surface area contributed by atoms with Crippen molar-refractivity contribution in [1.82, 2.24) is 4.90 Å². The number of benzene rings is 2. The van der Waals surface area contributed by atoms with Gasteiger partial charge in [-0.25, -0.2) is 0 Å². The average molecular weight is 419 g/mol. The number of hydrogen-bond acceptors (Lipinski definition) is 3. The number of fused-ring (bicyclic) bond motifs is 1. The third kappa shape index (κ3) is 3.72. The Morgan fingerprint density at radius 3 is 2.46 bits per heavy atom. The molecule has 28 heavy (non-hydrogen) atoms. The normalized spacial score (nSPS) is 23.1. The van der Waals surface area contributed by atoms with Crippen molar-refractivity contribution in [3.63, 3.8) is 0 Å². The maximum absolute atomic E-state index is 10.8.